The molecule has 2 aromatic rings. The minimum atomic E-state index is -0.482. The van der Waals surface area contributed by atoms with Crippen molar-refractivity contribution in [2.75, 3.05) is 19.8 Å². The minimum Gasteiger partial charge on any atom is -0.492 e. The van der Waals surface area contributed by atoms with Gasteiger partial charge in [-0.05, 0) is 106 Å². The first-order chi connectivity index (χ1) is 15.5. The quantitative estimate of drug-likeness (QED) is 0.272. The number of rotatable bonds is 10. The van der Waals surface area contributed by atoms with E-state index in [0.717, 1.165) is 57.8 Å². The second-order valence-corrected chi connectivity index (χ2v) is 9.62. The van der Waals surface area contributed by atoms with Gasteiger partial charge in [-0.15, -0.1) is 0 Å². The van der Waals surface area contributed by atoms with Crippen molar-refractivity contribution in [2.45, 2.75) is 32.1 Å². The van der Waals surface area contributed by atoms with Crippen LogP contribution in [0.1, 0.15) is 36.8 Å². The third-order valence-corrected chi connectivity index (χ3v) is 6.92. The van der Waals surface area contributed by atoms with Crippen molar-refractivity contribution in [3.05, 3.63) is 72.8 Å². The summed E-state index contributed by atoms with van der Waals surface area (Å²) < 4.78 is 13.2. The number of ether oxygens (including phenoxy) is 2. The van der Waals surface area contributed by atoms with Gasteiger partial charge in [0, 0.05) is 6.08 Å². The number of nitrogens with two attached hydrogens (primary N) is 1. The molecule has 4 rings (SSSR count). The normalized spacial score (nSPS) is 15.2. The van der Waals surface area contributed by atoms with Crippen LogP contribution in [0.3, 0.4) is 0 Å². The summed E-state index contributed by atoms with van der Waals surface area (Å²) in [5.74, 6) is 3.16. The zero-order chi connectivity index (χ0) is 22.9. The van der Waals surface area contributed by atoms with E-state index >= 15 is 0 Å². The molecule has 2 aliphatic carbocycles. The lowest BCUT2D eigenvalue weighted by molar-refractivity contribution is -0.400. The molecular formula is C24H28Br2N2O4. The summed E-state index contributed by atoms with van der Waals surface area (Å²) >= 11 is 6.98. The van der Waals surface area contributed by atoms with Crippen molar-refractivity contribution < 1.29 is 14.4 Å². The molecule has 6 nitrogen and oxygen atoms in total. The Bertz CT molecular complexity index is 944. The summed E-state index contributed by atoms with van der Waals surface area (Å²) in [6.45, 7) is 2.25. The number of hydrogen-bond donors (Lipinski definition) is 1. The Kier molecular flexibility index (Phi) is 9.56. The molecule has 2 saturated carbocycles. The Hall–Kier alpha value is -1.90. The van der Waals surface area contributed by atoms with Gasteiger partial charge in [-0.25, -0.2) is 0 Å². The molecule has 0 atom stereocenters. The molecule has 0 saturated heterocycles. The number of hydrogen-bond acceptors (Lipinski definition) is 5. The number of nitro groups is 1. The first kappa shape index (κ1) is 24.7. The fourth-order valence-corrected chi connectivity index (χ4v) is 4.00. The van der Waals surface area contributed by atoms with E-state index in [1.54, 1.807) is 6.07 Å². The van der Waals surface area contributed by atoms with E-state index in [-0.39, 0.29) is 0 Å². The molecule has 0 aromatic heterocycles. The maximum atomic E-state index is 10.3. The molecule has 0 amide bonds. The molecule has 0 aliphatic heterocycles. The van der Waals surface area contributed by atoms with Gasteiger partial charge in [0.25, 0.3) is 0 Å². The van der Waals surface area contributed by atoms with Crippen LogP contribution in [-0.2, 0) is 6.42 Å². The van der Waals surface area contributed by atoms with E-state index in [1.807, 2.05) is 24.3 Å². The molecule has 0 bridgehead atoms. The molecule has 2 fully saturated rings. The van der Waals surface area contributed by atoms with Gasteiger partial charge >= 0.3 is 0 Å². The summed E-state index contributed by atoms with van der Waals surface area (Å²) in [7, 11) is 0. The van der Waals surface area contributed by atoms with Gasteiger partial charge < -0.3 is 15.2 Å². The van der Waals surface area contributed by atoms with Crippen LogP contribution in [0.25, 0.3) is 6.08 Å². The molecule has 0 unspecified atom stereocenters. The smallest absolute Gasteiger partial charge is 0.235 e. The van der Waals surface area contributed by atoms with E-state index in [2.05, 4.69) is 37.9 Å². The van der Waals surface area contributed by atoms with Crippen LogP contribution in [0.5, 0.6) is 11.5 Å². The first-order valence-corrected chi connectivity index (χ1v) is 12.4. The van der Waals surface area contributed by atoms with Crippen molar-refractivity contribution in [1.82, 2.24) is 0 Å². The highest BCUT2D eigenvalue weighted by molar-refractivity contribution is 9.11. The Labute approximate surface area is 205 Å². The van der Waals surface area contributed by atoms with Crippen LogP contribution < -0.4 is 15.2 Å². The average Bonchev–Trinajstić information content (AvgIpc) is 3.68. The van der Waals surface area contributed by atoms with Crippen molar-refractivity contribution in [2.24, 2.45) is 17.6 Å². The lowest BCUT2D eigenvalue weighted by Crippen LogP contribution is -2.05. The Morgan fingerprint density at radius 1 is 0.969 bits per heavy atom. The van der Waals surface area contributed by atoms with Crippen molar-refractivity contribution in [3.63, 3.8) is 0 Å². The molecule has 8 heteroatoms. The fourth-order valence-electron chi connectivity index (χ4n) is 2.91. The van der Waals surface area contributed by atoms with Crippen LogP contribution in [0.2, 0.25) is 0 Å². The van der Waals surface area contributed by atoms with Gasteiger partial charge in [-0.1, -0.05) is 24.3 Å². The predicted octanol–water partition coefficient (Wildman–Crippen LogP) is 6.22. The van der Waals surface area contributed by atoms with Crippen LogP contribution in [0, 0.1) is 22.0 Å². The standard InChI is InChI=1S/C12H12BrNO3.C12H16BrNO/c13-12-10(6-7-14(15)16)2-1-3-11(12)17-8-9-4-5-9;13-12-10(6-7-14)2-1-3-11(12)15-8-9-4-5-9/h1-3,6-7,9H,4-5,8H2;1-3,9H,4-8,14H2/b7-6+;. The van der Waals surface area contributed by atoms with Crippen LogP contribution in [0.15, 0.2) is 51.5 Å². The SMILES string of the molecule is NCCc1cccc(OCC2CC2)c1Br.O=[N+]([O-])/C=C/c1cccc(OCC2CC2)c1Br. The highest BCUT2D eigenvalue weighted by atomic mass is 79.9. The largest absolute Gasteiger partial charge is 0.492 e. The molecule has 2 aromatic carbocycles. The molecule has 172 valence electrons. The fraction of sp³-hybridized carbons (Fsp3) is 0.417. The zero-order valence-corrected chi connectivity index (χ0v) is 21.0. The lowest BCUT2D eigenvalue weighted by Gasteiger charge is -2.10. The van der Waals surface area contributed by atoms with E-state index < -0.39 is 4.92 Å². The van der Waals surface area contributed by atoms with E-state index in [1.165, 1.54) is 37.3 Å². The second kappa shape index (κ2) is 12.4. The topological polar surface area (TPSA) is 87.6 Å². The molecule has 2 aliphatic rings. The average molecular weight is 568 g/mol. The van der Waals surface area contributed by atoms with Crippen molar-refractivity contribution >= 4 is 37.9 Å². The highest BCUT2D eigenvalue weighted by Crippen LogP contribution is 2.34. The summed E-state index contributed by atoms with van der Waals surface area (Å²) in [5, 5.41) is 10.3. The van der Waals surface area contributed by atoms with E-state index in [0.29, 0.717) is 12.5 Å². The van der Waals surface area contributed by atoms with Crippen molar-refractivity contribution in [3.8, 4) is 11.5 Å². The monoisotopic (exact) mass is 566 g/mol. The first-order valence-electron chi connectivity index (χ1n) is 10.8. The molecule has 0 heterocycles. The second-order valence-electron chi connectivity index (χ2n) is 8.04. The Morgan fingerprint density at radius 3 is 2.06 bits per heavy atom. The minimum absolute atomic E-state index is 0.482. The maximum Gasteiger partial charge on any atom is 0.235 e. The summed E-state index contributed by atoms with van der Waals surface area (Å²) in [6.07, 6.45) is 8.37. The number of benzene rings is 2. The zero-order valence-electron chi connectivity index (χ0n) is 17.8. The number of halogens is 2. The van der Waals surface area contributed by atoms with Gasteiger partial charge in [0.2, 0.25) is 6.20 Å². The molecule has 2 N–H and O–H groups in total. The van der Waals surface area contributed by atoms with Crippen molar-refractivity contribution in [1.29, 1.82) is 0 Å². The van der Waals surface area contributed by atoms with E-state index in [9.17, 15) is 10.1 Å². The van der Waals surface area contributed by atoms with Gasteiger partial charge in [-0.2, -0.15) is 0 Å². The van der Waals surface area contributed by atoms with Crippen LogP contribution >= 0.6 is 31.9 Å². The third kappa shape index (κ3) is 8.22. The predicted molar refractivity (Wildman–Crippen MR) is 134 cm³/mol. The lowest BCUT2D eigenvalue weighted by atomic mass is 10.1. The number of nitrogens with zero attached hydrogens (tertiary/aromatic N) is 1. The van der Waals surface area contributed by atoms with E-state index in [4.69, 9.17) is 15.2 Å². The molecule has 0 radical (unpaired) electrons. The van der Waals surface area contributed by atoms with Gasteiger partial charge in [0.1, 0.15) is 11.5 Å². The van der Waals surface area contributed by atoms with Gasteiger partial charge in [0.05, 0.1) is 27.1 Å². The third-order valence-electron chi connectivity index (χ3n) is 5.17. The Balaban J connectivity index is 0.000000182. The van der Waals surface area contributed by atoms with Crippen LogP contribution in [-0.4, -0.2) is 24.7 Å². The molecule has 32 heavy (non-hydrogen) atoms. The highest BCUT2D eigenvalue weighted by Gasteiger charge is 2.23. The summed E-state index contributed by atoms with van der Waals surface area (Å²) in [4.78, 5) is 9.78. The van der Waals surface area contributed by atoms with Gasteiger partial charge in [-0.3, -0.25) is 10.1 Å². The maximum absolute atomic E-state index is 10.3. The van der Waals surface area contributed by atoms with Gasteiger partial charge in [0.15, 0.2) is 0 Å². The molecular weight excluding hydrogens is 540 g/mol. The Morgan fingerprint density at radius 2 is 1.53 bits per heavy atom. The molecule has 0 spiro atoms. The summed E-state index contributed by atoms with van der Waals surface area (Å²) in [6, 6.07) is 11.6. The van der Waals surface area contributed by atoms with Crippen LogP contribution in [0.4, 0.5) is 0 Å². The summed E-state index contributed by atoms with van der Waals surface area (Å²) in [5.41, 5.74) is 7.52.